The molecule has 0 radical (unpaired) electrons. The predicted octanol–water partition coefficient (Wildman–Crippen LogP) is 5.28. The van der Waals surface area contributed by atoms with Crippen LogP contribution in [0.1, 0.15) is 18.5 Å². The molecule has 0 amide bonds. The molecule has 3 aromatic rings. The quantitative estimate of drug-likeness (QED) is 0.566. The summed E-state index contributed by atoms with van der Waals surface area (Å²) in [5.41, 5.74) is 8.38. The van der Waals surface area contributed by atoms with Crippen molar-refractivity contribution in [2.45, 2.75) is 13.0 Å². The van der Waals surface area contributed by atoms with Crippen molar-refractivity contribution < 1.29 is 0 Å². The van der Waals surface area contributed by atoms with E-state index in [0.29, 0.717) is 33.1 Å². The second-order valence-electron chi connectivity index (χ2n) is 5.51. The number of hydrogen-bond acceptors (Lipinski definition) is 5. The maximum atomic E-state index is 6.22. The maximum Gasteiger partial charge on any atom is 0.159 e. The van der Waals surface area contributed by atoms with Gasteiger partial charge in [0.2, 0.25) is 0 Å². The highest BCUT2D eigenvalue weighted by Gasteiger charge is 2.13. The third kappa shape index (κ3) is 4.13. The number of rotatable bonds is 5. The van der Waals surface area contributed by atoms with Gasteiger partial charge in [0, 0.05) is 5.02 Å². The number of nitrogen functional groups attached to an aromatic ring is 1. The van der Waals surface area contributed by atoms with E-state index in [1.165, 1.54) is 6.33 Å². The molecular formula is C18H17Cl2N5. The first-order valence-electron chi connectivity index (χ1n) is 7.68. The van der Waals surface area contributed by atoms with Crippen LogP contribution in [-0.2, 0) is 0 Å². The van der Waals surface area contributed by atoms with Crippen LogP contribution in [0.2, 0.25) is 10.0 Å². The molecule has 0 aliphatic heterocycles. The van der Waals surface area contributed by atoms with E-state index in [1.54, 1.807) is 18.2 Å². The highest BCUT2D eigenvalue weighted by Crippen LogP contribution is 2.32. The topological polar surface area (TPSA) is 75.9 Å². The summed E-state index contributed by atoms with van der Waals surface area (Å²) < 4.78 is 0. The van der Waals surface area contributed by atoms with E-state index >= 15 is 0 Å². The van der Waals surface area contributed by atoms with Crippen LogP contribution < -0.4 is 16.4 Å². The standard InChI is InChI=1S/C18H17Cl2N5/c1-11(12-5-3-2-4-6-12)24-17-16(21)18(23-10-22-17)25-15-9-13(19)7-8-14(15)20/h2-11H,21H2,1H3,(H2,22,23,24,25). The summed E-state index contributed by atoms with van der Waals surface area (Å²) in [6.45, 7) is 2.04. The molecule has 0 saturated carbocycles. The Bertz CT molecular complexity index is 871. The zero-order valence-corrected chi connectivity index (χ0v) is 15.0. The van der Waals surface area contributed by atoms with Gasteiger partial charge in [0.15, 0.2) is 11.6 Å². The molecule has 25 heavy (non-hydrogen) atoms. The number of benzene rings is 2. The average Bonchev–Trinajstić information content (AvgIpc) is 2.62. The Balaban J connectivity index is 1.84. The molecule has 1 heterocycles. The largest absolute Gasteiger partial charge is 0.393 e. The van der Waals surface area contributed by atoms with Crippen LogP contribution >= 0.6 is 23.2 Å². The van der Waals surface area contributed by atoms with E-state index in [0.717, 1.165) is 5.56 Å². The van der Waals surface area contributed by atoms with E-state index < -0.39 is 0 Å². The van der Waals surface area contributed by atoms with Crippen LogP contribution in [0.5, 0.6) is 0 Å². The minimum Gasteiger partial charge on any atom is -0.393 e. The van der Waals surface area contributed by atoms with E-state index in [1.807, 2.05) is 37.3 Å². The Morgan fingerprint density at radius 3 is 2.48 bits per heavy atom. The third-order valence-electron chi connectivity index (χ3n) is 3.72. The van der Waals surface area contributed by atoms with Crippen LogP contribution in [0.15, 0.2) is 54.9 Å². The number of nitrogens with two attached hydrogens (primary N) is 1. The van der Waals surface area contributed by atoms with E-state index in [-0.39, 0.29) is 6.04 Å². The van der Waals surface area contributed by atoms with Crippen molar-refractivity contribution in [1.82, 2.24) is 9.97 Å². The van der Waals surface area contributed by atoms with Crippen molar-refractivity contribution in [3.05, 3.63) is 70.5 Å². The lowest BCUT2D eigenvalue weighted by Crippen LogP contribution is -2.11. The molecule has 0 aliphatic rings. The number of hydrogen-bond donors (Lipinski definition) is 3. The molecule has 1 unspecified atom stereocenters. The van der Waals surface area contributed by atoms with Gasteiger partial charge in [-0.05, 0) is 30.7 Å². The Labute approximate surface area is 156 Å². The molecule has 5 nitrogen and oxygen atoms in total. The molecule has 0 bridgehead atoms. The first kappa shape index (κ1) is 17.3. The molecule has 4 N–H and O–H groups in total. The van der Waals surface area contributed by atoms with Crippen LogP contribution in [0.25, 0.3) is 0 Å². The monoisotopic (exact) mass is 373 g/mol. The lowest BCUT2D eigenvalue weighted by molar-refractivity contribution is 0.873. The summed E-state index contributed by atoms with van der Waals surface area (Å²) in [6.07, 6.45) is 1.44. The number of aromatic nitrogens is 2. The minimum atomic E-state index is 0.0426. The molecule has 0 aliphatic carbocycles. The van der Waals surface area contributed by atoms with Crippen molar-refractivity contribution in [1.29, 1.82) is 0 Å². The SMILES string of the molecule is CC(Nc1ncnc(Nc2cc(Cl)ccc2Cl)c1N)c1ccccc1. The predicted molar refractivity (Wildman–Crippen MR) is 105 cm³/mol. The number of nitrogens with zero attached hydrogens (tertiary/aromatic N) is 2. The summed E-state index contributed by atoms with van der Waals surface area (Å²) >= 11 is 12.2. The molecule has 7 heteroatoms. The van der Waals surface area contributed by atoms with E-state index in [9.17, 15) is 0 Å². The summed E-state index contributed by atoms with van der Waals surface area (Å²) in [5, 5.41) is 7.49. The molecule has 3 rings (SSSR count). The molecular weight excluding hydrogens is 357 g/mol. The van der Waals surface area contributed by atoms with Crippen molar-refractivity contribution in [3.8, 4) is 0 Å². The second-order valence-corrected chi connectivity index (χ2v) is 6.35. The second kappa shape index (κ2) is 7.59. The number of nitrogens with one attached hydrogen (secondary N) is 2. The normalized spacial score (nSPS) is 11.8. The fourth-order valence-corrected chi connectivity index (χ4v) is 2.70. The molecule has 2 aromatic carbocycles. The summed E-state index contributed by atoms with van der Waals surface area (Å²) in [5.74, 6) is 1.01. The summed E-state index contributed by atoms with van der Waals surface area (Å²) in [6, 6.07) is 15.2. The van der Waals surface area contributed by atoms with Gasteiger partial charge < -0.3 is 16.4 Å². The van der Waals surface area contributed by atoms with Gasteiger partial charge in [0.1, 0.15) is 12.0 Å². The van der Waals surface area contributed by atoms with Gasteiger partial charge in [-0.15, -0.1) is 0 Å². The zero-order chi connectivity index (χ0) is 17.8. The van der Waals surface area contributed by atoms with Crippen molar-refractivity contribution >= 4 is 46.2 Å². The average molecular weight is 374 g/mol. The van der Waals surface area contributed by atoms with Crippen LogP contribution in [0, 0.1) is 0 Å². The fraction of sp³-hybridized carbons (Fsp3) is 0.111. The van der Waals surface area contributed by atoms with Gasteiger partial charge in [0.25, 0.3) is 0 Å². The third-order valence-corrected chi connectivity index (χ3v) is 4.28. The maximum absolute atomic E-state index is 6.22. The number of anilines is 4. The van der Waals surface area contributed by atoms with Crippen LogP contribution in [0.4, 0.5) is 23.0 Å². The summed E-state index contributed by atoms with van der Waals surface area (Å²) in [7, 11) is 0. The Kier molecular flexibility index (Phi) is 5.26. The van der Waals surface area contributed by atoms with Crippen molar-refractivity contribution in [2.75, 3.05) is 16.4 Å². The fourth-order valence-electron chi connectivity index (χ4n) is 2.36. The van der Waals surface area contributed by atoms with Gasteiger partial charge in [-0.25, -0.2) is 9.97 Å². The summed E-state index contributed by atoms with van der Waals surface area (Å²) in [4.78, 5) is 8.44. The highest BCUT2D eigenvalue weighted by molar-refractivity contribution is 6.35. The van der Waals surface area contributed by atoms with Gasteiger partial charge in [-0.2, -0.15) is 0 Å². The van der Waals surface area contributed by atoms with Gasteiger partial charge in [-0.3, -0.25) is 0 Å². The molecule has 1 aromatic heterocycles. The van der Waals surface area contributed by atoms with Gasteiger partial charge in [-0.1, -0.05) is 53.5 Å². The van der Waals surface area contributed by atoms with Gasteiger partial charge in [0.05, 0.1) is 16.8 Å². The lowest BCUT2D eigenvalue weighted by Gasteiger charge is -2.18. The van der Waals surface area contributed by atoms with E-state index in [2.05, 4.69) is 20.6 Å². The highest BCUT2D eigenvalue weighted by atomic mass is 35.5. The Hall–Kier alpha value is -2.50. The van der Waals surface area contributed by atoms with Crippen LogP contribution in [-0.4, -0.2) is 9.97 Å². The smallest absolute Gasteiger partial charge is 0.159 e. The van der Waals surface area contributed by atoms with Gasteiger partial charge >= 0.3 is 0 Å². The molecule has 1 atom stereocenters. The first-order valence-corrected chi connectivity index (χ1v) is 8.44. The molecule has 0 saturated heterocycles. The zero-order valence-electron chi connectivity index (χ0n) is 13.5. The van der Waals surface area contributed by atoms with Crippen molar-refractivity contribution in [2.24, 2.45) is 0 Å². The lowest BCUT2D eigenvalue weighted by atomic mass is 10.1. The Morgan fingerprint density at radius 1 is 1.00 bits per heavy atom. The van der Waals surface area contributed by atoms with Crippen molar-refractivity contribution in [3.63, 3.8) is 0 Å². The number of halogens is 2. The van der Waals surface area contributed by atoms with E-state index in [4.69, 9.17) is 28.9 Å². The minimum absolute atomic E-state index is 0.0426. The van der Waals surface area contributed by atoms with Crippen LogP contribution in [0.3, 0.4) is 0 Å². The molecule has 0 fully saturated rings. The first-order chi connectivity index (χ1) is 12.0. The molecule has 128 valence electrons. The molecule has 0 spiro atoms. The Morgan fingerprint density at radius 2 is 1.72 bits per heavy atom.